The smallest absolute Gasteiger partial charge is 0.191 e. The summed E-state index contributed by atoms with van der Waals surface area (Å²) >= 11 is 1.88. The van der Waals surface area contributed by atoms with Gasteiger partial charge in [0.15, 0.2) is 5.96 Å². The predicted molar refractivity (Wildman–Crippen MR) is 104 cm³/mol. The normalized spacial score (nSPS) is 14.2. The number of nitrogens with one attached hydrogen (secondary N) is 2. The molecule has 0 aromatic carbocycles. The Labute approximate surface area is 146 Å². The van der Waals surface area contributed by atoms with Crippen molar-refractivity contribution in [1.82, 2.24) is 15.5 Å². The van der Waals surface area contributed by atoms with Crippen molar-refractivity contribution in [3.05, 3.63) is 21.9 Å². The van der Waals surface area contributed by atoms with Gasteiger partial charge >= 0.3 is 0 Å². The number of hydrogen-bond acceptors (Lipinski definition) is 3. The summed E-state index contributed by atoms with van der Waals surface area (Å²) in [5.41, 5.74) is 0.167. The van der Waals surface area contributed by atoms with Gasteiger partial charge in [-0.3, -0.25) is 4.99 Å². The largest absolute Gasteiger partial charge is 0.357 e. The van der Waals surface area contributed by atoms with E-state index >= 15 is 0 Å². The summed E-state index contributed by atoms with van der Waals surface area (Å²) in [6.45, 7) is 13.7. The summed E-state index contributed by atoms with van der Waals surface area (Å²) in [5, 5.41) is 6.89. The second-order valence-electron chi connectivity index (χ2n) is 7.36. The van der Waals surface area contributed by atoms with Crippen LogP contribution in [-0.4, -0.2) is 50.6 Å². The SMILES string of the molecule is CCNC(=NCC(C)(C)CN(C)C)NC(C)Cc1ccc(C)s1. The number of nitrogens with zero attached hydrogens (tertiary/aromatic N) is 2. The van der Waals surface area contributed by atoms with E-state index in [0.29, 0.717) is 6.04 Å². The van der Waals surface area contributed by atoms with Crippen LogP contribution in [0.2, 0.25) is 0 Å². The average molecular weight is 339 g/mol. The molecule has 0 bridgehead atoms. The van der Waals surface area contributed by atoms with E-state index in [2.05, 4.69) is 76.4 Å². The first-order valence-corrected chi connectivity index (χ1v) is 9.28. The first-order chi connectivity index (χ1) is 10.7. The zero-order valence-corrected chi connectivity index (χ0v) is 16.7. The van der Waals surface area contributed by atoms with Gasteiger partial charge in [0.1, 0.15) is 0 Å². The van der Waals surface area contributed by atoms with Crippen LogP contribution < -0.4 is 10.6 Å². The van der Waals surface area contributed by atoms with Gasteiger partial charge in [-0.05, 0) is 52.4 Å². The monoisotopic (exact) mass is 338 g/mol. The van der Waals surface area contributed by atoms with Crippen LogP contribution >= 0.6 is 11.3 Å². The molecule has 0 radical (unpaired) electrons. The van der Waals surface area contributed by atoms with Crippen molar-refractivity contribution in [2.45, 2.75) is 47.1 Å². The lowest BCUT2D eigenvalue weighted by Gasteiger charge is -2.27. The highest BCUT2D eigenvalue weighted by atomic mass is 32.1. The fourth-order valence-corrected chi connectivity index (χ4v) is 3.72. The van der Waals surface area contributed by atoms with Crippen molar-refractivity contribution < 1.29 is 0 Å². The van der Waals surface area contributed by atoms with Crippen LogP contribution in [0.1, 0.15) is 37.4 Å². The molecule has 0 aliphatic rings. The molecular weight excluding hydrogens is 304 g/mol. The van der Waals surface area contributed by atoms with Gasteiger partial charge < -0.3 is 15.5 Å². The summed E-state index contributed by atoms with van der Waals surface area (Å²) in [4.78, 5) is 9.81. The maximum Gasteiger partial charge on any atom is 0.191 e. The Morgan fingerprint density at radius 2 is 2.04 bits per heavy atom. The fraction of sp³-hybridized carbons (Fsp3) is 0.722. The third kappa shape index (κ3) is 8.37. The van der Waals surface area contributed by atoms with Gasteiger partial charge in [0.05, 0.1) is 0 Å². The Kier molecular flexibility index (Phi) is 8.06. The standard InChI is InChI=1S/C18H34N4S/c1-8-19-17(20-12-18(4,5)13-22(6)7)21-14(2)11-16-10-9-15(3)23-16/h9-10,14H,8,11-13H2,1-7H3,(H2,19,20,21). The predicted octanol–water partition coefficient (Wildman–Crippen LogP) is 3.13. The number of rotatable bonds is 8. The third-order valence-electron chi connectivity index (χ3n) is 3.44. The van der Waals surface area contributed by atoms with E-state index < -0.39 is 0 Å². The van der Waals surface area contributed by atoms with Gasteiger partial charge in [-0.2, -0.15) is 0 Å². The Bertz CT molecular complexity index is 491. The quantitative estimate of drug-likeness (QED) is 0.565. The van der Waals surface area contributed by atoms with Crippen LogP contribution in [0.4, 0.5) is 0 Å². The van der Waals surface area contributed by atoms with Crippen LogP contribution in [-0.2, 0) is 6.42 Å². The van der Waals surface area contributed by atoms with Gasteiger partial charge in [0, 0.05) is 41.9 Å². The van der Waals surface area contributed by atoms with Crippen molar-refractivity contribution in [3.63, 3.8) is 0 Å². The van der Waals surface area contributed by atoms with E-state index in [9.17, 15) is 0 Å². The molecule has 1 atom stereocenters. The summed E-state index contributed by atoms with van der Waals surface area (Å²) < 4.78 is 0. The van der Waals surface area contributed by atoms with Gasteiger partial charge in [-0.25, -0.2) is 0 Å². The zero-order valence-electron chi connectivity index (χ0n) is 15.9. The van der Waals surface area contributed by atoms with E-state index in [-0.39, 0.29) is 5.41 Å². The lowest BCUT2D eigenvalue weighted by Crippen LogP contribution is -2.44. The molecule has 0 saturated carbocycles. The molecule has 1 heterocycles. The molecule has 132 valence electrons. The minimum absolute atomic E-state index is 0.167. The summed E-state index contributed by atoms with van der Waals surface area (Å²) in [7, 11) is 4.22. The Balaban J connectivity index is 2.60. The molecule has 0 fully saturated rings. The van der Waals surface area contributed by atoms with Crippen molar-refractivity contribution in [3.8, 4) is 0 Å². The first-order valence-electron chi connectivity index (χ1n) is 8.47. The minimum Gasteiger partial charge on any atom is -0.357 e. The number of aliphatic imine (C=N–C) groups is 1. The van der Waals surface area contributed by atoms with Crippen molar-refractivity contribution in [2.24, 2.45) is 10.4 Å². The highest BCUT2D eigenvalue weighted by Gasteiger charge is 2.19. The third-order valence-corrected chi connectivity index (χ3v) is 4.46. The number of thiophene rings is 1. The van der Waals surface area contributed by atoms with Crippen molar-refractivity contribution in [2.75, 3.05) is 33.7 Å². The molecule has 0 saturated heterocycles. The average Bonchev–Trinajstić information content (AvgIpc) is 2.80. The van der Waals surface area contributed by atoms with Gasteiger partial charge in [-0.15, -0.1) is 11.3 Å². The maximum absolute atomic E-state index is 4.80. The maximum atomic E-state index is 4.80. The first kappa shape index (κ1) is 20.0. The van der Waals surface area contributed by atoms with Gasteiger partial charge in [0.25, 0.3) is 0 Å². The molecular formula is C18H34N4S. The van der Waals surface area contributed by atoms with E-state index in [1.165, 1.54) is 9.75 Å². The lowest BCUT2D eigenvalue weighted by molar-refractivity contribution is 0.248. The molecule has 0 aliphatic heterocycles. The topological polar surface area (TPSA) is 39.7 Å². The lowest BCUT2D eigenvalue weighted by atomic mass is 9.93. The second-order valence-corrected chi connectivity index (χ2v) is 8.73. The molecule has 0 amide bonds. The summed E-state index contributed by atoms with van der Waals surface area (Å²) in [6, 6.07) is 4.78. The molecule has 1 aromatic heterocycles. The van der Waals surface area contributed by atoms with Crippen molar-refractivity contribution in [1.29, 1.82) is 0 Å². The van der Waals surface area contributed by atoms with Gasteiger partial charge in [-0.1, -0.05) is 13.8 Å². The molecule has 0 aliphatic carbocycles. The number of hydrogen-bond donors (Lipinski definition) is 2. The molecule has 5 heteroatoms. The fourth-order valence-electron chi connectivity index (χ4n) is 2.70. The molecule has 23 heavy (non-hydrogen) atoms. The molecule has 4 nitrogen and oxygen atoms in total. The second kappa shape index (κ2) is 9.28. The molecule has 1 unspecified atom stereocenters. The Morgan fingerprint density at radius 1 is 1.35 bits per heavy atom. The van der Waals surface area contributed by atoms with Crippen LogP contribution in [0.3, 0.4) is 0 Å². The molecule has 1 aromatic rings. The van der Waals surface area contributed by atoms with Crippen LogP contribution in [0.5, 0.6) is 0 Å². The van der Waals surface area contributed by atoms with Gasteiger partial charge in [0.2, 0.25) is 0 Å². The summed E-state index contributed by atoms with van der Waals surface area (Å²) in [5.74, 6) is 0.917. The number of aryl methyl sites for hydroxylation is 1. The van der Waals surface area contributed by atoms with Crippen LogP contribution in [0.25, 0.3) is 0 Å². The van der Waals surface area contributed by atoms with E-state index in [1.54, 1.807) is 0 Å². The Hall–Kier alpha value is -1.07. The number of guanidine groups is 1. The Morgan fingerprint density at radius 3 is 2.57 bits per heavy atom. The minimum atomic E-state index is 0.167. The highest BCUT2D eigenvalue weighted by Crippen LogP contribution is 2.17. The van der Waals surface area contributed by atoms with Crippen LogP contribution in [0, 0.1) is 12.3 Å². The molecule has 0 spiro atoms. The molecule has 2 N–H and O–H groups in total. The van der Waals surface area contributed by atoms with Crippen LogP contribution in [0.15, 0.2) is 17.1 Å². The van der Waals surface area contributed by atoms with Crippen molar-refractivity contribution >= 4 is 17.3 Å². The van der Waals surface area contributed by atoms with E-state index in [0.717, 1.165) is 32.0 Å². The molecule has 1 rings (SSSR count). The van der Waals surface area contributed by atoms with E-state index in [1.807, 2.05) is 11.3 Å². The zero-order chi connectivity index (χ0) is 17.5. The van der Waals surface area contributed by atoms with E-state index in [4.69, 9.17) is 4.99 Å². The highest BCUT2D eigenvalue weighted by molar-refractivity contribution is 7.11. The summed E-state index contributed by atoms with van der Waals surface area (Å²) in [6.07, 6.45) is 1.03.